The number of aliphatic hydroxyl groups is 1. The van der Waals surface area contributed by atoms with E-state index in [1.807, 2.05) is 18.2 Å². The van der Waals surface area contributed by atoms with Gasteiger partial charge in [0.2, 0.25) is 14.2 Å². The molecule has 1 aromatic carbocycles. The summed E-state index contributed by atoms with van der Waals surface area (Å²) in [7, 11) is -3.45. The lowest BCUT2D eigenvalue weighted by Crippen LogP contribution is -2.48. The van der Waals surface area contributed by atoms with Crippen molar-refractivity contribution in [3.05, 3.63) is 47.6 Å². The fourth-order valence-corrected chi connectivity index (χ4v) is 7.71. The quantitative estimate of drug-likeness (QED) is 0.361. The van der Waals surface area contributed by atoms with Crippen molar-refractivity contribution < 1.29 is 23.1 Å². The number of anilines is 2. The molecule has 0 spiro atoms. The topological polar surface area (TPSA) is 147 Å². The van der Waals surface area contributed by atoms with E-state index in [1.165, 1.54) is 6.20 Å². The van der Waals surface area contributed by atoms with E-state index >= 15 is 0 Å². The van der Waals surface area contributed by atoms with Gasteiger partial charge in [-0.2, -0.15) is 0 Å². The third-order valence-electron chi connectivity index (χ3n) is 7.25. The number of hydrogen-bond donors (Lipinski definition) is 3. The number of urea groups is 1. The van der Waals surface area contributed by atoms with Crippen LogP contribution < -0.4 is 15.5 Å². The van der Waals surface area contributed by atoms with Crippen molar-refractivity contribution >= 4 is 38.7 Å². The predicted molar refractivity (Wildman–Crippen MR) is 153 cm³/mol. The largest absolute Gasteiger partial charge is 0.394 e. The molecular formula is C27H34N6O5S2. The van der Waals surface area contributed by atoms with E-state index in [1.54, 1.807) is 31.4 Å². The Bertz CT molecular complexity index is 1440. The average molecular weight is 587 g/mol. The van der Waals surface area contributed by atoms with Crippen LogP contribution in [-0.4, -0.2) is 77.7 Å². The number of amides is 2. The van der Waals surface area contributed by atoms with Crippen molar-refractivity contribution in [3.8, 4) is 11.4 Å². The number of aromatic nitrogens is 3. The SMILES string of the molecule is C[C@H]1COCCN1c1cc(C2CC(S(=O)(=O)c3nccs3)C2)nc(-c2ccc(NC(=O)NC(C)(C)CO)cc2)n1. The molecule has 0 radical (unpaired) electrons. The zero-order valence-electron chi connectivity index (χ0n) is 22.7. The van der Waals surface area contributed by atoms with Crippen molar-refractivity contribution in [2.45, 2.75) is 60.7 Å². The number of carbonyl (C=O) groups excluding carboxylic acids is 1. The van der Waals surface area contributed by atoms with Gasteiger partial charge < -0.3 is 25.4 Å². The molecule has 1 aliphatic carbocycles. The van der Waals surface area contributed by atoms with Crippen LogP contribution in [0.4, 0.5) is 16.3 Å². The van der Waals surface area contributed by atoms with Gasteiger partial charge in [0, 0.05) is 47.1 Å². The summed E-state index contributed by atoms with van der Waals surface area (Å²) in [5, 5.41) is 16.1. The molecule has 2 aromatic heterocycles. The fraction of sp³-hybridized carbons (Fsp3) is 0.481. The number of thiazole rings is 1. The third-order valence-corrected chi connectivity index (χ3v) is 10.7. The number of rotatable bonds is 8. The summed E-state index contributed by atoms with van der Waals surface area (Å²) in [4.78, 5) is 28.3. The zero-order valence-corrected chi connectivity index (χ0v) is 24.3. The molecule has 3 aromatic rings. The second-order valence-corrected chi connectivity index (χ2v) is 14.2. The normalized spacial score (nSPS) is 21.5. The van der Waals surface area contributed by atoms with Crippen molar-refractivity contribution in [2.75, 3.05) is 36.6 Å². The van der Waals surface area contributed by atoms with Crippen LogP contribution >= 0.6 is 11.3 Å². The molecule has 1 saturated heterocycles. The standard InChI is InChI=1S/C27H34N6O5S2/c1-17-15-38-10-9-33(17)23-14-22(19-12-21(13-19)40(36,37)26-28-8-11-39-26)30-24(31-23)18-4-6-20(7-5-18)29-25(35)32-27(2,3)16-34/h4-8,11,14,17,19,21,34H,9-10,12-13,15-16H2,1-3H3,(H2,29,32,35)/t17-,19?,21?/m0/s1. The zero-order chi connectivity index (χ0) is 28.5. The van der Waals surface area contributed by atoms with Crippen LogP contribution in [0.3, 0.4) is 0 Å². The molecule has 214 valence electrons. The number of aliphatic hydroxyl groups excluding tert-OH is 1. The van der Waals surface area contributed by atoms with Gasteiger partial charge in [-0.25, -0.2) is 28.2 Å². The van der Waals surface area contributed by atoms with Crippen molar-refractivity contribution in [2.24, 2.45) is 0 Å². The summed E-state index contributed by atoms with van der Waals surface area (Å²) in [5.41, 5.74) is 1.43. The molecule has 40 heavy (non-hydrogen) atoms. The molecular weight excluding hydrogens is 552 g/mol. The van der Waals surface area contributed by atoms with Gasteiger partial charge in [-0.1, -0.05) is 0 Å². The Morgan fingerprint density at radius 1 is 1.23 bits per heavy atom. The van der Waals surface area contributed by atoms with Crippen molar-refractivity contribution in [3.63, 3.8) is 0 Å². The highest BCUT2D eigenvalue weighted by Crippen LogP contribution is 2.43. The van der Waals surface area contributed by atoms with Gasteiger partial charge in [-0.05, 0) is 57.9 Å². The lowest BCUT2D eigenvalue weighted by atomic mass is 9.82. The molecule has 2 aliphatic rings. The number of hydrogen-bond acceptors (Lipinski definition) is 10. The van der Waals surface area contributed by atoms with E-state index in [-0.39, 0.29) is 22.9 Å². The smallest absolute Gasteiger partial charge is 0.319 e. The van der Waals surface area contributed by atoms with Crippen molar-refractivity contribution in [1.82, 2.24) is 20.3 Å². The van der Waals surface area contributed by atoms with Crippen molar-refractivity contribution in [1.29, 1.82) is 0 Å². The number of ether oxygens (including phenoxy) is 1. The van der Waals surface area contributed by atoms with Gasteiger partial charge in [0.25, 0.3) is 0 Å². The fourth-order valence-electron chi connectivity index (χ4n) is 4.77. The Hall–Kier alpha value is -3.13. The number of nitrogens with zero attached hydrogens (tertiary/aromatic N) is 4. The van der Waals surface area contributed by atoms with Crippen LogP contribution in [0, 0.1) is 0 Å². The molecule has 2 amide bonds. The van der Waals surface area contributed by atoms with Crippen LogP contribution in [0.2, 0.25) is 0 Å². The molecule has 2 fully saturated rings. The molecule has 5 rings (SSSR count). The molecule has 3 heterocycles. The minimum atomic E-state index is -3.45. The van der Waals surface area contributed by atoms with Crippen LogP contribution in [0.15, 0.2) is 46.2 Å². The van der Waals surface area contributed by atoms with Gasteiger partial charge >= 0.3 is 6.03 Å². The summed E-state index contributed by atoms with van der Waals surface area (Å²) < 4.78 is 31.7. The van der Waals surface area contributed by atoms with Crippen LogP contribution in [0.1, 0.15) is 45.2 Å². The van der Waals surface area contributed by atoms with E-state index in [4.69, 9.17) is 14.7 Å². The maximum atomic E-state index is 12.9. The molecule has 1 atom stereocenters. The minimum Gasteiger partial charge on any atom is -0.394 e. The Morgan fingerprint density at radius 2 is 1.98 bits per heavy atom. The lowest BCUT2D eigenvalue weighted by Gasteiger charge is -2.36. The van der Waals surface area contributed by atoms with E-state index in [2.05, 4.69) is 27.4 Å². The lowest BCUT2D eigenvalue weighted by molar-refractivity contribution is 0.0985. The third kappa shape index (κ3) is 6.12. The highest BCUT2D eigenvalue weighted by atomic mass is 32.2. The molecule has 1 saturated carbocycles. The molecule has 3 N–H and O–H groups in total. The van der Waals surface area contributed by atoms with E-state index < -0.39 is 26.7 Å². The number of carbonyl (C=O) groups is 1. The first-order valence-electron chi connectivity index (χ1n) is 13.2. The highest BCUT2D eigenvalue weighted by Gasteiger charge is 2.42. The van der Waals surface area contributed by atoms with Crippen LogP contribution in [-0.2, 0) is 14.6 Å². The first-order chi connectivity index (χ1) is 19.1. The first kappa shape index (κ1) is 28.4. The second-order valence-electron chi connectivity index (χ2n) is 10.9. The minimum absolute atomic E-state index is 0.00361. The monoisotopic (exact) mass is 586 g/mol. The average Bonchev–Trinajstić information content (AvgIpc) is 3.44. The molecule has 0 unspecified atom stereocenters. The second kappa shape index (κ2) is 11.4. The summed E-state index contributed by atoms with van der Waals surface area (Å²) in [6.07, 6.45) is 2.49. The van der Waals surface area contributed by atoms with Gasteiger partial charge in [0.05, 0.1) is 36.7 Å². The van der Waals surface area contributed by atoms with Gasteiger partial charge in [-0.3, -0.25) is 0 Å². The van der Waals surface area contributed by atoms with E-state index in [0.717, 1.165) is 28.4 Å². The summed E-state index contributed by atoms with van der Waals surface area (Å²) >= 11 is 1.15. The van der Waals surface area contributed by atoms with Crippen LogP contribution in [0.5, 0.6) is 0 Å². The Kier molecular flexibility index (Phi) is 8.09. The number of sulfone groups is 1. The van der Waals surface area contributed by atoms with Crippen LogP contribution in [0.25, 0.3) is 11.4 Å². The van der Waals surface area contributed by atoms with E-state index in [9.17, 15) is 18.3 Å². The predicted octanol–water partition coefficient (Wildman–Crippen LogP) is 3.44. The first-order valence-corrected chi connectivity index (χ1v) is 15.7. The molecule has 13 heteroatoms. The molecule has 0 bridgehead atoms. The Morgan fingerprint density at radius 3 is 2.62 bits per heavy atom. The highest BCUT2D eigenvalue weighted by molar-refractivity contribution is 7.94. The Balaban J connectivity index is 1.38. The number of morpholine rings is 1. The van der Waals surface area contributed by atoms with Gasteiger partial charge in [0.15, 0.2) is 5.82 Å². The summed E-state index contributed by atoms with van der Waals surface area (Å²) in [6, 6.07) is 8.93. The number of benzene rings is 1. The van der Waals surface area contributed by atoms with Gasteiger partial charge in [0.1, 0.15) is 5.82 Å². The number of nitrogens with one attached hydrogen (secondary N) is 2. The maximum Gasteiger partial charge on any atom is 0.319 e. The molecule has 1 aliphatic heterocycles. The molecule has 11 nitrogen and oxygen atoms in total. The van der Waals surface area contributed by atoms with Gasteiger partial charge in [-0.15, -0.1) is 11.3 Å². The maximum absolute atomic E-state index is 12.9. The van der Waals surface area contributed by atoms with E-state index in [0.29, 0.717) is 44.1 Å². The summed E-state index contributed by atoms with van der Waals surface area (Å²) in [6.45, 7) is 7.26. The summed E-state index contributed by atoms with van der Waals surface area (Å²) in [5.74, 6) is 1.32. The Labute approximate surface area is 237 Å².